The fourth-order valence-corrected chi connectivity index (χ4v) is 1.74. The van der Waals surface area contributed by atoms with E-state index in [4.69, 9.17) is 4.74 Å². The van der Waals surface area contributed by atoms with Gasteiger partial charge in [0.05, 0.1) is 24.2 Å². The number of hydrogen-bond acceptors (Lipinski definition) is 4. The molecule has 0 spiro atoms. The van der Waals surface area contributed by atoms with Crippen LogP contribution in [-0.2, 0) is 4.74 Å². The Kier molecular flexibility index (Phi) is 2.93. The van der Waals surface area contributed by atoms with Crippen molar-refractivity contribution < 1.29 is 4.74 Å². The molecule has 2 rings (SSSR count). The molecule has 2 atom stereocenters. The molecule has 4 nitrogen and oxygen atoms in total. The highest BCUT2D eigenvalue weighted by Crippen LogP contribution is 2.17. The first-order chi connectivity index (χ1) is 6.84. The molecule has 2 heterocycles. The van der Waals surface area contributed by atoms with Crippen molar-refractivity contribution in [1.82, 2.24) is 9.97 Å². The van der Waals surface area contributed by atoms with Gasteiger partial charge >= 0.3 is 0 Å². The van der Waals surface area contributed by atoms with Gasteiger partial charge in [0.2, 0.25) is 0 Å². The Hall–Kier alpha value is -1.16. The summed E-state index contributed by atoms with van der Waals surface area (Å²) in [4.78, 5) is 7.93. The van der Waals surface area contributed by atoms with Gasteiger partial charge in [0.1, 0.15) is 6.33 Å². The highest BCUT2D eigenvalue weighted by molar-refractivity contribution is 5.38. The van der Waals surface area contributed by atoms with Crippen molar-refractivity contribution in [2.75, 3.05) is 11.9 Å². The Labute approximate surface area is 83.7 Å². The van der Waals surface area contributed by atoms with Gasteiger partial charge in [0.25, 0.3) is 0 Å². The summed E-state index contributed by atoms with van der Waals surface area (Å²) in [6, 6.07) is 0.491. The second-order valence-corrected chi connectivity index (χ2v) is 3.67. The zero-order valence-electron chi connectivity index (χ0n) is 8.31. The van der Waals surface area contributed by atoms with Crippen molar-refractivity contribution in [3.05, 3.63) is 18.7 Å². The Balaban J connectivity index is 1.91. The minimum atomic E-state index is 0.353. The molecule has 1 saturated heterocycles. The van der Waals surface area contributed by atoms with Gasteiger partial charge in [0.15, 0.2) is 0 Å². The standard InChI is InChI=1S/C10H15N3O/c1-8-4-9(2-3-14-8)13-10-5-11-7-12-6-10/h5-9,13H,2-4H2,1H3. The van der Waals surface area contributed by atoms with E-state index in [1.54, 1.807) is 12.4 Å². The SMILES string of the molecule is CC1CC(Nc2cncnc2)CCO1. The summed E-state index contributed by atoms with van der Waals surface area (Å²) >= 11 is 0. The third kappa shape index (κ3) is 2.42. The Morgan fingerprint density at radius 1 is 1.43 bits per heavy atom. The highest BCUT2D eigenvalue weighted by atomic mass is 16.5. The van der Waals surface area contributed by atoms with Crippen molar-refractivity contribution in [3.8, 4) is 0 Å². The predicted octanol–water partition coefficient (Wildman–Crippen LogP) is 1.46. The van der Waals surface area contributed by atoms with E-state index in [2.05, 4.69) is 22.2 Å². The van der Waals surface area contributed by atoms with E-state index in [-0.39, 0.29) is 0 Å². The molecule has 1 aromatic rings. The Morgan fingerprint density at radius 2 is 2.21 bits per heavy atom. The molecule has 76 valence electrons. The van der Waals surface area contributed by atoms with Crippen molar-refractivity contribution >= 4 is 5.69 Å². The van der Waals surface area contributed by atoms with Crippen LogP contribution in [0.15, 0.2) is 18.7 Å². The van der Waals surface area contributed by atoms with Gasteiger partial charge in [-0.05, 0) is 19.8 Å². The van der Waals surface area contributed by atoms with Crippen molar-refractivity contribution in [2.24, 2.45) is 0 Å². The molecule has 1 aromatic heterocycles. The highest BCUT2D eigenvalue weighted by Gasteiger charge is 2.18. The first kappa shape index (κ1) is 9.40. The van der Waals surface area contributed by atoms with Crippen LogP contribution in [-0.4, -0.2) is 28.7 Å². The maximum absolute atomic E-state index is 5.47. The van der Waals surface area contributed by atoms with E-state index in [1.165, 1.54) is 6.33 Å². The average molecular weight is 193 g/mol. The first-order valence-corrected chi connectivity index (χ1v) is 4.98. The van der Waals surface area contributed by atoms with E-state index in [1.807, 2.05) is 0 Å². The van der Waals surface area contributed by atoms with E-state index < -0.39 is 0 Å². The Bertz CT molecular complexity index is 278. The predicted molar refractivity (Wildman–Crippen MR) is 54.1 cm³/mol. The van der Waals surface area contributed by atoms with Crippen LogP contribution >= 0.6 is 0 Å². The summed E-state index contributed by atoms with van der Waals surface area (Å²) in [5.41, 5.74) is 0.992. The molecular formula is C10H15N3O. The molecule has 1 fully saturated rings. The van der Waals surface area contributed by atoms with Crippen molar-refractivity contribution in [1.29, 1.82) is 0 Å². The van der Waals surface area contributed by atoms with Gasteiger partial charge < -0.3 is 10.1 Å². The average Bonchev–Trinajstić information content (AvgIpc) is 2.19. The molecule has 1 aliphatic rings. The third-order valence-electron chi connectivity index (χ3n) is 2.42. The van der Waals surface area contributed by atoms with Gasteiger partial charge in [0, 0.05) is 12.6 Å². The molecule has 0 aromatic carbocycles. The summed E-state index contributed by atoms with van der Waals surface area (Å²) in [6.45, 7) is 2.95. The summed E-state index contributed by atoms with van der Waals surface area (Å²) in [6.07, 6.45) is 7.59. The fraction of sp³-hybridized carbons (Fsp3) is 0.600. The summed E-state index contributed by atoms with van der Waals surface area (Å²) in [5.74, 6) is 0. The molecule has 1 N–H and O–H groups in total. The molecule has 14 heavy (non-hydrogen) atoms. The van der Waals surface area contributed by atoms with E-state index in [0.717, 1.165) is 25.1 Å². The van der Waals surface area contributed by atoms with Crippen molar-refractivity contribution in [3.63, 3.8) is 0 Å². The molecule has 1 aliphatic heterocycles. The third-order valence-corrected chi connectivity index (χ3v) is 2.42. The van der Waals surface area contributed by atoms with Crippen LogP contribution in [0.4, 0.5) is 5.69 Å². The van der Waals surface area contributed by atoms with Gasteiger partial charge in [-0.15, -0.1) is 0 Å². The second-order valence-electron chi connectivity index (χ2n) is 3.67. The minimum absolute atomic E-state index is 0.353. The van der Waals surface area contributed by atoms with Crippen LogP contribution in [0.3, 0.4) is 0 Å². The lowest BCUT2D eigenvalue weighted by molar-refractivity contribution is 0.0232. The fourth-order valence-electron chi connectivity index (χ4n) is 1.74. The number of rotatable bonds is 2. The Morgan fingerprint density at radius 3 is 2.93 bits per heavy atom. The van der Waals surface area contributed by atoms with Crippen LogP contribution in [0.2, 0.25) is 0 Å². The molecular weight excluding hydrogens is 178 g/mol. The lowest BCUT2D eigenvalue weighted by Gasteiger charge is -2.28. The van der Waals surface area contributed by atoms with E-state index in [0.29, 0.717) is 12.1 Å². The largest absolute Gasteiger partial charge is 0.380 e. The molecule has 2 unspecified atom stereocenters. The van der Waals surface area contributed by atoms with Crippen LogP contribution in [0.5, 0.6) is 0 Å². The number of aromatic nitrogens is 2. The van der Waals surface area contributed by atoms with Gasteiger partial charge in [-0.25, -0.2) is 9.97 Å². The maximum Gasteiger partial charge on any atom is 0.115 e. The monoisotopic (exact) mass is 193 g/mol. The van der Waals surface area contributed by atoms with Gasteiger partial charge in [-0.2, -0.15) is 0 Å². The number of ether oxygens (including phenoxy) is 1. The topological polar surface area (TPSA) is 47.0 Å². The summed E-state index contributed by atoms with van der Waals surface area (Å²) in [5, 5.41) is 3.41. The molecule has 0 aliphatic carbocycles. The molecule has 0 amide bonds. The number of hydrogen-bond donors (Lipinski definition) is 1. The lowest BCUT2D eigenvalue weighted by atomic mass is 10.0. The van der Waals surface area contributed by atoms with Crippen LogP contribution in [0.25, 0.3) is 0 Å². The van der Waals surface area contributed by atoms with Crippen molar-refractivity contribution in [2.45, 2.75) is 31.9 Å². The van der Waals surface area contributed by atoms with E-state index in [9.17, 15) is 0 Å². The lowest BCUT2D eigenvalue weighted by Crippen LogP contribution is -2.32. The number of nitrogens with zero attached hydrogens (tertiary/aromatic N) is 2. The molecule has 0 bridgehead atoms. The maximum atomic E-state index is 5.47. The quantitative estimate of drug-likeness (QED) is 0.772. The van der Waals surface area contributed by atoms with Gasteiger partial charge in [-0.1, -0.05) is 0 Å². The van der Waals surface area contributed by atoms with Crippen LogP contribution in [0, 0.1) is 0 Å². The molecule has 4 heteroatoms. The zero-order chi connectivity index (χ0) is 9.80. The minimum Gasteiger partial charge on any atom is -0.380 e. The second kappa shape index (κ2) is 4.37. The molecule has 0 saturated carbocycles. The first-order valence-electron chi connectivity index (χ1n) is 4.98. The summed E-state index contributed by atoms with van der Waals surface area (Å²) < 4.78 is 5.47. The smallest absolute Gasteiger partial charge is 0.115 e. The normalized spacial score (nSPS) is 27.2. The van der Waals surface area contributed by atoms with Gasteiger partial charge in [-0.3, -0.25) is 0 Å². The van der Waals surface area contributed by atoms with Crippen LogP contribution < -0.4 is 5.32 Å². The molecule has 0 radical (unpaired) electrons. The van der Waals surface area contributed by atoms with E-state index >= 15 is 0 Å². The summed E-state index contributed by atoms with van der Waals surface area (Å²) in [7, 11) is 0. The zero-order valence-corrected chi connectivity index (χ0v) is 8.31. The number of anilines is 1. The van der Waals surface area contributed by atoms with Crippen LogP contribution in [0.1, 0.15) is 19.8 Å². The number of nitrogens with one attached hydrogen (secondary N) is 1.